The van der Waals surface area contributed by atoms with Crippen molar-refractivity contribution in [3.8, 4) is 0 Å². The lowest BCUT2D eigenvalue weighted by Gasteiger charge is -2.44. The highest BCUT2D eigenvalue weighted by Crippen LogP contribution is 2.27. The molecule has 1 aliphatic heterocycles. The molecule has 0 spiro atoms. The molecule has 0 radical (unpaired) electrons. The van der Waals surface area contributed by atoms with Gasteiger partial charge in [0.1, 0.15) is 0 Å². The zero-order valence-corrected chi connectivity index (χ0v) is 14.1. The fraction of sp³-hybridized carbons (Fsp3) is 0.692. The normalized spacial score (nSPS) is 21.2. The Hall–Kier alpha value is -0.470. The lowest BCUT2D eigenvalue weighted by atomic mass is 10.0. The Morgan fingerprint density at radius 3 is 2.70 bits per heavy atom. The van der Waals surface area contributed by atoms with Crippen LogP contribution < -0.4 is 5.32 Å². The molecule has 1 aromatic heterocycles. The summed E-state index contributed by atoms with van der Waals surface area (Å²) >= 11 is 1.49. The van der Waals surface area contributed by atoms with Crippen LogP contribution in [0.2, 0.25) is 0 Å². The minimum Gasteiger partial charge on any atom is -0.315 e. The molecule has 0 aliphatic carbocycles. The maximum absolute atomic E-state index is 12.7. The molecular weight excluding hydrogens is 294 g/mol. The maximum Gasteiger partial charge on any atom is 0.244 e. The van der Waals surface area contributed by atoms with Gasteiger partial charge < -0.3 is 5.32 Å². The minimum absolute atomic E-state index is 0.130. The zero-order valence-electron chi connectivity index (χ0n) is 12.5. The number of piperazine rings is 1. The van der Waals surface area contributed by atoms with Gasteiger partial charge in [-0.25, -0.2) is 8.42 Å². The van der Waals surface area contributed by atoms with Gasteiger partial charge in [0, 0.05) is 42.0 Å². The van der Waals surface area contributed by atoms with Gasteiger partial charge in [-0.1, -0.05) is 0 Å². The van der Waals surface area contributed by atoms with Crippen molar-refractivity contribution in [2.75, 3.05) is 33.7 Å². The van der Waals surface area contributed by atoms with Crippen LogP contribution in [-0.4, -0.2) is 56.9 Å². The van der Waals surface area contributed by atoms with Crippen LogP contribution in [0.15, 0.2) is 16.3 Å². The first-order valence-electron chi connectivity index (χ1n) is 6.71. The van der Waals surface area contributed by atoms with Gasteiger partial charge in [-0.3, -0.25) is 4.90 Å². The van der Waals surface area contributed by atoms with E-state index in [-0.39, 0.29) is 5.54 Å². The van der Waals surface area contributed by atoms with E-state index in [1.165, 1.54) is 11.3 Å². The second-order valence-electron chi connectivity index (χ2n) is 5.85. The number of hydrogen-bond acceptors (Lipinski definition) is 5. The summed E-state index contributed by atoms with van der Waals surface area (Å²) in [4.78, 5) is 3.67. The van der Waals surface area contributed by atoms with E-state index in [9.17, 15) is 8.42 Å². The number of hydrogen-bond donors (Lipinski definition) is 1. The van der Waals surface area contributed by atoms with E-state index < -0.39 is 10.0 Å². The van der Waals surface area contributed by atoms with Crippen molar-refractivity contribution in [3.63, 3.8) is 0 Å². The summed E-state index contributed by atoms with van der Waals surface area (Å²) in [7, 11) is 0.535. The highest BCUT2D eigenvalue weighted by molar-refractivity contribution is 7.89. The van der Waals surface area contributed by atoms with Crippen LogP contribution in [0.25, 0.3) is 0 Å². The van der Waals surface area contributed by atoms with Crippen molar-refractivity contribution >= 4 is 21.4 Å². The number of sulfonamides is 1. The van der Waals surface area contributed by atoms with Gasteiger partial charge in [-0.05, 0) is 34.0 Å². The van der Waals surface area contributed by atoms with E-state index >= 15 is 0 Å². The van der Waals surface area contributed by atoms with E-state index in [1.54, 1.807) is 15.8 Å². The lowest BCUT2D eigenvalue weighted by Crippen LogP contribution is -2.58. The van der Waals surface area contributed by atoms with Crippen molar-refractivity contribution in [2.45, 2.75) is 30.8 Å². The molecule has 2 heterocycles. The second kappa shape index (κ2) is 5.73. The predicted molar refractivity (Wildman–Crippen MR) is 82.6 cm³/mol. The second-order valence-corrected chi connectivity index (χ2v) is 8.79. The largest absolute Gasteiger partial charge is 0.315 e. The smallest absolute Gasteiger partial charge is 0.244 e. The SMILES string of the molecule is CNCc1cc(S(=O)(=O)N2CCN(C)C(C)(C)C2)cs1. The first-order chi connectivity index (χ1) is 9.27. The fourth-order valence-electron chi connectivity index (χ4n) is 2.31. The Bertz CT molecular complexity index is 566. The first kappa shape index (κ1) is 15.9. The molecule has 1 fully saturated rings. The Balaban J connectivity index is 2.21. The van der Waals surface area contributed by atoms with Crippen LogP contribution in [0.3, 0.4) is 0 Å². The summed E-state index contributed by atoms with van der Waals surface area (Å²) in [6.07, 6.45) is 0. The summed E-state index contributed by atoms with van der Waals surface area (Å²) in [6, 6.07) is 1.78. The van der Waals surface area contributed by atoms with Gasteiger partial charge in [0.15, 0.2) is 0 Å². The summed E-state index contributed by atoms with van der Waals surface area (Å²) in [5.74, 6) is 0. The maximum atomic E-state index is 12.7. The van der Waals surface area contributed by atoms with Crippen molar-refractivity contribution in [1.82, 2.24) is 14.5 Å². The third-order valence-corrected chi connectivity index (χ3v) is 6.81. The van der Waals surface area contributed by atoms with Crippen molar-refractivity contribution in [3.05, 3.63) is 16.3 Å². The van der Waals surface area contributed by atoms with E-state index in [4.69, 9.17) is 0 Å². The van der Waals surface area contributed by atoms with Crippen LogP contribution in [0, 0.1) is 0 Å². The van der Waals surface area contributed by atoms with Crippen molar-refractivity contribution in [2.24, 2.45) is 0 Å². The van der Waals surface area contributed by atoms with Gasteiger partial charge in [0.2, 0.25) is 10.0 Å². The molecule has 0 bridgehead atoms. The molecule has 1 saturated heterocycles. The predicted octanol–water partition coefficient (Wildman–Crippen LogP) is 1.18. The van der Waals surface area contributed by atoms with Gasteiger partial charge in [0.05, 0.1) is 4.90 Å². The molecule has 20 heavy (non-hydrogen) atoms. The first-order valence-corrected chi connectivity index (χ1v) is 9.03. The summed E-state index contributed by atoms with van der Waals surface area (Å²) in [5.41, 5.74) is -0.130. The monoisotopic (exact) mass is 317 g/mol. The number of rotatable bonds is 4. The highest BCUT2D eigenvalue weighted by atomic mass is 32.2. The van der Waals surface area contributed by atoms with Gasteiger partial charge >= 0.3 is 0 Å². The van der Waals surface area contributed by atoms with E-state index in [2.05, 4.69) is 24.1 Å². The Labute approximate surface area is 125 Å². The average Bonchev–Trinajstić information content (AvgIpc) is 2.82. The number of nitrogens with zero attached hydrogens (tertiary/aromatic N) is 2. The molecule has 0 saturated carbocycles. The van der Waals surface area contributed by atoms with Crippen LogP contribution in [0.4, 0.5) is 0 Å². The summed E-state index contributed by atoms with van der Waals surface area (Å²) in [5, 5.41) is 4.79. The van der Waals surface area contributed by atoms with E-state index in [0.29, 0.717) is 24.5 Å². The molecular formula is C13H23N3O2S2. The van der Waals surface area contributed by atoms with E-state index in [1.807, 2.05) is 14.1 Å². The number of thiophene rings is 1. The van der Waals surface area contributed by atoms with Gasteiger partial charge in [-0.2, -0.15) is 4.31 Å². The van der Waals surface area contributed by atoms with Crippen LogP contribution in [-0.2, 0) is 16.6 Å². The quantitative estimate of drug-likeness (QED) is 0.906. The molecule has 0 atom stereocenters. The third kappa shape index (κ3) is 3.07. The van der Waals surface area contributed by atoms with Crippen LogP contribution in [0.1, 0.15) is 18.7 Å². The molecule has 0 aromatic carbocycles. The minimum atomic E-state index is -3.36. The Morgan fingerprint density at radius 2 is 2.10 bits per heavy atom. The molecule has 0 amide bonds. The molecule has 5 nitrogen and oxygen atoms in total. The Kier molecular flexibility index (Phi) is 4.56. The van der Waals surface area contributed by atoms with Crippen molar-refractivity contribution < 1.29 is 8.42 Å². The molecule has 7 heteroatoms. The lowest BCUT2D eigenvalue weighted by molar-refractivity contribution is 0.0802. The number of likely N-dealkylation sites (N-methyl/N-ethyl adjacent to an activating group) is 1. The van der Waals surface area contributed by atoms with Gasteiger partial charge in [0.25, 0.3) is 0 Å². The van der Waals surface area contributed by atoms with E-state index in [0.717, 1.165) is 11.4 Å². The zero-order chi connectivity index (χ0) is 15.0. The van der Waals surface area contributed by atoms with Gasteiger partial charge in [-0.15, -0.1) is 11.3 Å². The Morgan fingerprint density at radius 1 is 1.40 bits per heavy atom. The molecule has 1 aromatic rings. The third-order valence-electron chi connectivity index (χ3n) is 3.90. The summed E-state index contributed by atoms with van der Waals surface area (Å²) in [6.45, 7) is 6.71. The molecule has 0 unspecified atom stereocenters. The molecule has 1 aliphatic rings. The highest BCUT2D eigenvalue weighted by Gasteiger charge is 2.37. The average molecular weight is 317 g/mol. The topological polar surface area (TPSA) is 52.7 Å². The van der Waals surface area contributed by atoms with Crippen LogP contribution >= 0.6 is 11.3 Å². The van der Waals surface area contributed by atoms with Crippen LogP contribution in [0.5, 0.6) is 0 Å². The standard InChI is InChI=1S/C13H23N3O2S2/c1-13(2)10-16(6-5-15(13)4)20(17,18)12-7-11(8-14-3)19-9-12/h7,9,14H,5-6,8,10H2,1-4H3. The fourth-order valence-corrected chi connectivity index (χ4v) is 5.17. The number of nitrogens with one attached hydrogen (secondary N) is 1. The molecule has 1 N–H and O–H groups in total. The molecule has 2 rings (SSSR count). The molecule has 114 valence electrons. The van der Waals surface area contributed by atoms with Crippen molar-refractivity contribution in [1.29, 1.82) is 0 Å². The summed E-state index contributed by atoms with van der Waals surface area (Å²) < 4.78 is 27.0.